The molecule has 3 aliphatic heterocycles. The molecule has 6 rings (SSSR count). The van der Waals surface area contributed by atoms with E-state index in [9.17, 15) is 4.79 Å². The van der Waals surface area contributed by atoms with E-state index in [2.05, 4.69) is 50.5 Å². The molecule has 3 aromatic heterocycles. The third-order valence-electron chi connectivity index (χ3n) is 8.60. The Labute approximate surface area is 258 Å². The topological polar surface area (TPSA) is 102 Å². The van der Waals surface area contributed by atoms with Crippen LogP contribution in [0.15, 0.2) is 29.2 Å². The highest BCUT2D eigenvalue weighted by molar-refractivity contribution is 7.99. The van der Waals surface area contributed by atoms with Crippen LogP contribution in [0.5, 0.6) is 0 Å². The molecule has 2 fully saturated rings. The minimum atomic E-state index is 0.108. The molecule has 1 amide bonds. The molecule has 12 nitrogen and oxygen atoms in total. The van der Waals surface area contributed by atoms with E-state index in [0.717, 1.165) is 93.1 Å². The Hall–Kier alpha value is -3.00. The van der Waals surface area contributed by atoms with Gasteiger partial charge in [0.05, 0.1) is 23.8 Å². The summed E-state index contributed by atoms with van der Waals surface area (Å²) in [5.74, 6) is 1.64. The first-order chi connectivity index (χ1) is 20.8. The van der Waals surface area contributed by atoms with Gasteiger partial charge in [0, 0.05) is 82.4 Å². The molecule has 232 valence electrons. The first-order valence-electron chi connectivity index (χ1n) is 15.5. The SMILES string of the molecule is Cc1cn2c(-c3cnn(CC(=O)N4CCN(CCN(C)C)CC4)c3)cnc2c(NC2CC(CN3CCCC(C)C3)=NS2)n1. The number of nitrogens with one attached hydrogen (secondary N) is 1. The second-order valence-electron chi connectivity index (χ2n) is 12.6. The lowest BCUT2D eigenvalue weighted by molar-refractivity contribution is -0.133. The van der Waals surface area contributed by atoms with Crippen molar-refractivity contribution in [3.63, 3.8) is 0 Å². The zero-order valence-electron chi connectivity index (χ0n) is 25.9. The van der Waals surface area contributed by atoms with Crippen LogP contribution in [0, 0.1) is 12.8 Å². The number of hydrogen-bond acceptors (Lipinski definition) is 10. The van der Waals surface area contributed by atoms with E-state index in [-0.39, 0.29) is 17.8 Å². The van der Waals surface area contributed by atoms with Crippen molar-refractivity contribution in [1.82, 2.24) is 43.7 Å². The average molecular weight is 608 g/mol. The van der Waals surface area contributed by atoms with Crippen LogP contribution < -0.4 is 5.32 Å². The Bertz CT molecular complexity index is 1440. The maximum atomic E-state index is 13.0. The zero-order valence-corrected chi connectivity index (χ0v) is 26.8. The Morgan fingerprint density at radius 1 is 1.12 bits per heavy atom. The highest BCUT2D eigenvalue weighted by Gasteiger charge is 2.26. The van der Waals surface area contributed by atoms with Gasteiger partial charge in [-0.15, -0.1) is 0 Å². The van der Waals surface area contributed by atoms with Gasteiger partial charge in [-0.25, -0.2) is 14.4 Å². The van der Waals surface area contributed by atoms with Crippen LogP contribution in [0.25, 0.3) is 16.9 Å². The van der Waals surface area contributed by atoms with E-state index < -0.39 is 0 Å². The number of likely N-dealkylation sites (tertiary alicyclic amines) is 1. The highest BCUT2D eigenvalue weighted by atomic mass is 32.2. The number of anilines is 1. The van der Waals surface area contributed by atoms with Gasteiger partial charge >= 0.3 is 0 Å². The lowest BCUT2D eigenvalue weighted by Gasteiger charge is -2.35. The Morgan fingerprint density at radius 3 is 2.74 bits per heavy atom. The third-order valence-corrected chi connectivity index (χ3v) is 9.51. The molecule has 2 atom stereocenters. The number of fused-ring (bicyclic) bond motifs is 1. The number of aryl methyl sites for hydroxylation is 1. The quantitative estimate of drug-likeness (QED) is 0.349. The molecule has 0 radical (unpaired) electrons. The average Bonchev–Trinajstić information content (AvgIpc) is 3.72. The summed E-state index contributed by atoms with van der Waals surface area (Å²) in [4.78, 5) is 31.7. The summed E-state index contributed by atoms with van der Waals surface area (Å²) in [6.07, 6.45) is 11.1. The summed E-state index contributed by atoms with van der Waals surface area (Å²) < 4.78 is 8.60. The number of hydrogen-bond donors (Lipinski definition) is 1. The van der Waals surface area contributed by atoms with Crippen molar-refractivity contribution in [3.8, 4) is 11.3 Å². The van der Waals surface area contributed by atoms with E-state index in [4.69, 9.17) is 14.4 Å². The molecule has 6 heterocycles. The van der Waals surface area contributed by atoms with Gasteiger partial charge in [-0.05, 0) is 58.3 Å². The van der Waals surface area contributed by atoms with Gasteiger partial charge in [-0.3, -0.25) is 23.7 Å². The van der Waals surface area contributed by atoms with Crippen LogP contribution >= 0.6 is 11.9 Å². The fraction of sp³-hybridized carbons (Fsp3) is 0.633. The second-order valence-corrected chi connectivity index (χ2v) is 13.6. The van der Waals surface area contributed by atoms with Crippen LogP contribution in [-0.2, 0) is 11.3 Å². The van der Waals surface area contributed by atoms with Crippen LogP contribution in [0.1, 0.15) is 31.9 Å². The fourth-order valence-corrected chi connectivity index (χ4v) is 7.08. The molecule has 3 aliphatic rings. The Kier molecular flexibility index (Phi) is 9.31. The van der Waals surface area contributed by atoms with Crippen molar-refractivity contribution < 1.29 is 4.79 Å². The van der Waals surface area contributed by atoms with Crippen molar-refractivity contribution in [3.05, 3.63) is 30.5 Å². The van der Waals surface area contributed by atoms with Crippen LogP contribution in [0.3, 0.4) is 0 Å². The molecule has 0 saturated carbocycles. The number of rotatable bonds is 10. The number of aromatic nitrogens is 5. The van der Waals surface area contributed by atoms with Crippen LogP contribution in [-0.4, -0.2) is 134 Å². The largest absolute Gasteiger partial charge is 0.353 e. The second kappa shape index (κ2) is 13.3. The summed E-state index contributed by atoms with van der Waals surface area (Å²) in [6, 6.07) is 0. The smallest absolute Gasteiger partial charge is 0.244 e. The lowest BCUT2D eigenvalue weighted by atomic mass is 10.00. The van der Waals surface area contributed by atoms with E-state index in [0.29, 0.717) is 0 Å². The summed E-state index contributed by atoms with van der Waals surface area (Å²) in [5, 5.41) is 8.27. The maximum absolute atomic E-state index is 13.0. The number of piperidine rings is 1. The van der Waals surface area contributed by atoms with Gasteiger partial charge < -0.3 is 15.1 Å². The van der Waals surface area contributed by atoms with Gasteiger partial charge in [0.2, 0.25) is 5.91 Å². The predicted molar refractivity (Wildman–Crippen MR) is 172 cm³/mol. The van der Waals surface area contributed by atoms with Crippen molar-refractivity contribution in [2.75, 3.05) is 78.3 Å². The van der Waals surface area contributed by atoms with Gasteiger partial charge in [0.15, 0.2) is 11.5 Å². The first-order valence-corrected chi connectivity index (χ1v) is 16.4. The van der Waals surface area contributed by atoms with Crippen molar-refractivity contribution in [1.29, 1.82) is 0 Å². The molecule has 2 unspecified atom stereocenters. The summed E-state index contributed by atoms with van der Waals surface area (Å²) in [5.41, 5.74) is 4.76. The number of amides is 1. The molecule has 2 saturated heterocycles. The number of nitrogens with zero attached hydrogens (tertiary/aromatic N) is 10. The number of imidazole rings is 1. The number of piperazine rings is 1. The molecule has 1 N–H and O–H groups in total. The summed E-state index contributed by atoms with van der Waals surface area (Å²) in [7, 11) is 4.19. The fourth-order valence-electron chi connectivity index (χ4n) is 6.24. The summed E-state index contributed by atoms with van der Waals surface area (Å²) in [6.45, 7) is 13.3. The van der Waals surface area contributed by atoms with E-state index >= 15 is 0 Å². The van der Waals surface area contributed by atoms with Crippen molar-refractivity contribution >= 4 is 35.0 Å². The summed E-state index contributed by atoms with van der Waals surface area (Å²) >= 11 is 1.60. The van der Waals surface area contributed by atoms with E-state index in [1.807, 2.05) is 36.6 Å². The molecule has 0 aromatic carbocycles. The minimum absolute atomic E-state index is 0.108. The number of carbonyl (C=O) groups excluding carboxylic acids is 1. The van der Waals surface area contributed by atoms with Gasteiger partial charge in [-0.1, -0.05) is 6.92 Å². The molecule has 13 heteroatoms. The van der Waals surface area contributed by atoms with Gasteiger partial charge in [-0.2, -0.15) is 5.10 Å². The molecule has 3 aromatic rings. The predicted octanol–water partition coefficient (Wildman–Crippen LogP) is 2.57. The van der Waals surface area contributed by atoms with Crippen molar-refractivity contribution in [2.24, 2.45) is 10.3 Å². The number of likely N-dealkylation sites (N-methyl/N-ethyl adjacent to an activating group) is 1. The molecular weight excluding hydrogens is 562 g/mol. The third kappa shape index (κ3) is 7.39. The highest BCUT2D eigenvalue weighted by Crippen LogP contribution is 2.30. The van der Waals surface area contributed by atoms with E-state index in [1.54, 1.807) is 16.6 Å². The van der Waals surface area contributed by atoms with Gasteiger partial charge in [0.25, 0.3) is 0 Å². The van der Waals surface area contributed by atoms with Crippen LogP contribution in [0.4, 0.5) is 5.82 Å². The number of carbonyl (C=O) groups is 1. The molecular formula is C30H45N11OS. The minimum Gasteiger partial charge on any atom is -0.353 e. The Balaban J connectivity index is 1.07. The van der Waals surface area contributed by atoms with Crippen LogP contribution in [0.2, 0.25) is 0 Å². The van der Waals surface area contributed by atoms with Gasteiger partial charge in [0.1, 0.15) is 11.9 Å². The normalized spacial score (nSPS) is 22.1. The standard InChI is InChI=1S/C30H45N11OS/c1-22-6-5-7-38(17-22)20-25-14-27(43-35-25)34-29-30-31-16-26(41(30)18-23(2)33-29)24-15-32-40(19-24)21-28(42)39-12-10-37(11-13-39)9-8-36(3)4/h15-16,18-19,22,27H,5-14,17,20-21H2,1-4H3,(H,33,34). The molecule has 0 aliphatic carbocycles. The lowest BCUT2D eigenvalue weighted by Crippen LogP contribution is -2.50. The molecule has 0 spiro atoms. The maximum Gasteiger partial charge on any atom is 0.244 e. The first kappa shape index (κ1) is 30.0. The Morgan fingerprint density at radius 2 is 1.95 bits per heavy atom. The van der Waals surface area contributed by atoms with Crippen molar-refractivity contribution in [2.45, 2.75) is 45.0 Å². The monoisotopic (exact) mass is 607 g/mol. The molecule has 43 heavy (non-hydrogen) atoms. The molecule has 0 bridgehead atoms. The zero-order chi connectivity index (χ0) is 29.9. The van der Waals surface area contributed by atoms with E-state index in [1.165, 1.54) is 25.1 Å².